The number of carboxylic acids is 1. The molecule has 0 aliphatic heterocycles. The molecule has 1 saturated carbocycles. The van der Waals surface area contributed by atoms with Gasteiger partial charge in [0.2, 0.25) is 0 Å². The first-order chi connectivity index (χ1) is 10.2. The number of imidazole rings is 1. The van der Waals surface area contributed by atoms with Crippen LogP contribution in [-0.2, 0) is 4.79 Å². The number of hydrogen-bond acceptors (Lipinski definition) is 3. The molecular weight excluding hydrogens is 266 g/mol. The van der Waals surface area contributed by atoms with E-state index in [-0.39, 0.29) is 0 Å². The van der Waals surface area contributed by atoms with E-state index in [9.17, 15) is 4.79 Å². The van der Waals surface area contributed by atoms with Crippen molar-refractivity contribution in [1.82, 2.24) is 9.38 Å². The number of anilines is 1. The Morgan fingerprint density at radius 2 is 2.33 bits per heavy atom. The predicted molar refractivity (Wildman–Crippen MR) is 82.5 cm³/mol. The predicted octanol–water partition coefficient (Wildman–Crippen LogP) is 2.67. The Morgan fingerprint density at radius 1 is 1.52 bits per heavy atom. The third kappa shape index (κ3) is 2.91. The Hall–Kier alpha value is -2.30. The fourth-order valence-corrected chi connectivity index (χ4v) is 2.52. The van der Waals surface area contributed by atoms with Crippen molar-refractivity contribution in [3.8, 4) is 0 Å². The molecule has 5 heteroatoms. The highest BCUT2D eigenvalue weighted by Crippen LogP contribution is 2.32. The molecule has 5 nitrogen and oxygen atoms in total. The van der Waals surface area contributed by atoms with Crippen molar-refractivity contribution in [3.63, 3.8) is 0 Å². The van der Waals surface area contributed by atoms with Crippen molar-refractivity contribution < 1.29 is 9.90 Å². The van der Waals surface area contributed by atoms with Gasteiger partial charge < -0.3 is 10.0 Å². The fourth-order valence-electron chi connectivity index (χ4n) is 2.52. The molecule has 1 aliphatic carbocycles. The number of aromatic nitrogens is 2. The van der Waals surface area contributed by atoms with Crippen LogP contribution in [0.15, 0.2) is 30.5 Å². The number of hydrogen-bond donors (Lipinski definition) is 1. The zero-order chi connectivity index (χ0) is 14.8. The number of pyridine rings is 1. The number of carbonyl (C=O) groups is 1. The van der Waals surface area contributed by atoms with E-state index >= 15 is 0 Å². The first kappa shape index (κ1) is 13.7. The van der Waals surface area contributed by atoms with Crippen molar-refractivity contribution in [2.24, 2.45) is 5.92 Å². The fraction of sp³-hybridized carbons (Fsp3) is 0.375. The van der Waals surface area contributed by atoms with E-state index in [1.807, 2.05) is 28.8 Å². The molecule has 0 spiro atoms. The SMILES string of the molecule is CCN(CC1CC1)c1nc2ccccn2c1C=CC(=O)O. The van der Waals surface area contributed by atoms with E-state index in [1.165, 1.54) is 18.9 Å². The van der Waals surface area contributed by atoms with Crippen molar-refractivity contribution >= 4 is 23.5 Å². The van der Waals surface area contributed by atoms with Crippen LogP contribution in [-0.4, -0.2) is 33.6 Å². The maximum absolute atomic E-state index is 10.8. The smallest absolute Gasteiger partial charge is 0.328 e. The Bertz CT molecular complexity index is 686. The molecule has 0 saturated heterocycles. The molecule has 0 radical (unpaired) electrons. The zero-order valence-corrected chi connectivity index (χ0v) is 12.1. The molecule has 2 aromatic heterocycles. The summed E-state index contributed by atoms with van der Waals surface area (Å²) in [7, 11) is 0. The minimum absolute atomic E-state index is 0.756. The van der Waals surface area contributed by atoms with Crippen LogP contribution < -0.4 is 4.90 Å². The molecule has 1 fully saturated rings. The van der Waals surface area contributed by atoms with Gasteiger partial charge in [0, 0.05) is 25.4 Å². The van der Waals surface area contributed by atoms with Crippen LogP contribution in [0.1, 0.15) is 25.5 Å². The zero-order valence-electron chi connectivity index (χ0n) is 12.1. The number of nitrogens with zero attached hydrogens (tertiary/aromatic N) is 3. The summed E-state index contributed by atoms with van der Waals surface area (Å²) < 4.78 is 1.93. The summed E-state index contributed by atoms with van der Waals surface area (Å²) >= 11 is 0. The highest BCUT2D eigenvalue weighted by atomic mass is 16.4. The van der Waals surface area contributed by atoms with Gasteiger partial charge in [-0.25, -0.2) is 9.78 Å². The summed E-state index contributed by atoms with van der Waals surface area (Å²) in [5.41, 5.74) is 1.67. The molecule has 0 bridgehead atoms. The van der Waals surface area contributed by atoms with E-state index in [4.69, 9.17) is 5.11 Å². The van der Waals surface area contributed by atoms with Gasteiger partial charge in [0.15, 0.2) is 5.82 Å². The summed E-state index contributed by atoms with van der Waals surface area (Å²) in [6.07, 6.45) is 7.28. The highest BCUT2D eigenvalue weighted by Gasteiger charge is 2.26. The molecule has 2 heterocycles. The molecule has 2 aromatic rings. The summed E-state index contributed by atoms with van der Waals surface area (Å²) in [5.74, 6) is 0.677. The van der Waals surface area contributed by atoms with Gasteiger partial charge >= 0.3 is 5.97 Å². The largest absolute Gasteiger partial charge is 0.478 e. The third-order valence-electron chi connectivity index (χ3n) is 3.79. The standard InChI is InChI=1S/C16H19N3O2/c1-2-18(11-12-6-7-12)16-13(8-9-15(20)21)19-10-4-3-5-14(19)17-16/h3-5,8-10,12H,2,6-7,11H2,1H3,(H,20,21). The van der Waals surface area contributed by atoms with Gasteiger partial charge in [-0.2, -0.15) is 0 Å². The highest BCUT2D eigenvalue weighted by molar-refractivity contribution is 5.86. The summed E-state index contributed by atoms with van der Waals surface area (Å²) in [6, 6.07) is 5.80. The molecule has 0 unspecified atom stereocenters. The number of fused-ring (bicyclic) bond motifs is 1. The first-order valence-corrected chi connectivity index (χ1v) is 7.32. The van der Waals surface area contributed by atoms with Gasteiger partial charge in [-0.3, -0.25) is 4.40 Å². The maximum Gasteiger partial charge on any atom is 0.328 e. The second-order valence-electron chi connectivity index (χ2n) is 5.40. The molecule has 0 atom stereocenters. The number of aliphatic carboxylic acids is 1. The second kappa shape index (κ2) is 5.60. The van der Waals surface area contributed by atoms with Crippen LogP contribution in [0.5, 0.6) is 0 Å². The average Bonchev–Trinajstić information content (AvgIpc) is 3.22. The van der Waals surface area contributed by atoms with Crippen LogP contribution in [0.3, 0.4) is 0 Å². The molecule has 0 amide bonds. The molecule has 1 aliphatic rings. The minimum atomic E-state index is -0.947. The lowest BCUT2D eigenvalue weighted by atomic mass is 10.3. The Kier molecular flexibility index (Phi) is 3.64. The van der Waals surface area contributed by atoms with Gasteiger partial charge in [-0.1, -0.05) is 6.07 Å². The lowest BCUT2D eigenvalue weighted by Gasteiger charge is -2.21. The molecule has 110 valence electrons. The molecule has 0 aromatic carbocycles. The molecular formula is C16H19N3O2. The minimum Gasteiger partial charge on any atom is -0.478 e. The van der Waals surface area contributed by atoms with Crippen LogP contribution in [0, 0.1) is 5.92 Å². The van der Waals surface area contributed by atoms with E-state index < -0.39 is 5.97 Å². The summed E-state index contributed by atoms with van der Waals surface area (Å²) in [4.78, 5) is 17.8. The Balaban J connectivity index is 2.05. The lowest BCUT2D eigenvalue weighted by molar-refractivity contribution is -0.131. The maximum atomic E-state index is 10.8. The van der Waals surface area contributed by atoms with E-state index in [2.05, 4.69) is 16.8 Å². The number of rotatable bonds is 6. The second-order valence-corrected chi connectivity index (χ2v) is 5.40. The van der Waals surface area contributed by atoms with Crippen LogP contribution >= 0.6 is 0 Å². The van der Waals surface area contributed by atoms with Gasteiger partial charge in [0.05, 0.1) is 5.69 Å². The lowest BCUT2D eigenvalue weighted by Crippen LogP contribution is -2.26. The number of carboxylic acid groups (broad SMARTS) is 1. The molecule has 21 heavy (non-hydrogen) atoms. The Labute approximate surface area is 123 Å². The van der Waals surface area contributed by atoms with Crippen LogP contribution in [0.2, 0.25) is 0 Å². The monoisotopic (exact) mass is 285 g/mol. The van der Waals surface area contributed by atoms with Crippen molar-refractivity contribution in [2.75, 3.05) is 18.0 Å². The van der Waals surface area contributed by atoms with Gasteiger partial charge in [-0.05, 0) is 43.9 Å². The van der Waals surface area contributed by atoms with Crippen LogP contribution in [0.25, 0.3) is 11.7 Å². The normalized spacial score (nSPS) is 14.9. The van der Waals surface area contributed by atoms with Crippen molar-refractivity contribution in [1.29, 1.82) is 0 Å². The van der Waals surface area contributed by atoms with Crippen molar-refractivity contribution in [3.05, 3.63) is 36.2 Å². The van der Waals surface area contributed by atoms with Gasteiger partial charge in [0.25, 0.3) is 0 Å². The van der Waals surface area contributed by atoms with Crippen molar-refractivity contribution in [2.45, 2.75) is 19.8 Å². The Morgan fingerprint density at radius 3 is 3.00 bits per heavy atom. The quantitative estimate of drug-likeness (QED) is 0.829. The summed E-state index contributed by atoms with van der Waals surface area (Å²) in [5, 5.41) is 8.90. The van der Waals surface area contributed by atoms with Gasteiger partial charge in [-0.15, -0.1) is 0 Å². The third-order valence-corrected chi connectivity index (χ3v) is 3.79. The topological polar surface area (TPSA) is 57.8 Å². The first-order valence-electron chi connectivity index (χ1n) is 7.32. The molecule has 3 rings (SSSR count). The van der Waals surface area contributed by atoms with E-state index in [0.29, 0.717) is 0 Å². The van der Waals surface area contributed by atoms with Gasteiger partial charge in [0.1, 0.15) is 5.65 Å². The van der Waals surface area contributed by atoms with E-state index in [0.717, 1.165) is 36.2 Å². The van der Waals surface area contributed by atoms with Crippen LogP contribution in [0.4, 0.5) is 5.82 Å². The van der Waals surface area contributed by atoms with E-state index in [1.54, 1.807) is 6.08 Å². The molecule has 1 N–H and O–H groups in total. The summed E-state index contributed by atoms with van der Waals surface area (Å²) in [6.45, 7) is 3.97. The average molecular weight is 285 g/mol.